The number of benzene rings is 1. The standard InChI is InChI=1S/C17H26N2O2.ClH/c1-2-3-4-12-21-16-9-7-14(8-10-16)17(20)19-13-15-6-5-11-18-15;/h7-10,15,18H,2-6,11-13H2,1H3,(H,19,20);1H. The maximum atomic E-state index is 12.0. The first-order chi connectivity index (χ1) is 10.3. The SMILES string of the molecule is CCCCCOc1ccc(C(=O)NCC2CCCN2)cc1.Cl. The minimum absolute atomic E-state index is 0. The zero-order valence-corrected chi connectivity index (χ0v) is 14.1. The molecule has 4 nitrogen and oxygen atoms in total. The molecule has 124 valence electrons. The Kier molecular flexibility index (Phi) is 8.94. The minimum atomic E-state index is -0.0127. The third-order valence-electron chi connectivity index (χ3n) is 3.80. The molecule has 1 amide bonds. The van der Waals surface area contributed by atoms with E-state index in [0.29, 0.717) is 18.2 Å². The highest BCUT2D eigenvalue weighted by Crippen LogP contribution is 2.13. The topological polar surface area (TPSA) is 50.4 Å². The van der Waals surface area contributed by atoms with Gasteiger partial charge in [-0.2, -0.15) is 0 Å². The van der Waals surface area contributed by atoms with E-state index in [0.717, 1.165) is 31.7 Å². The van der Waals surface area contributed by atoms with Crippen LogP contribution in [0.3, 0.4) is 0 Å². The second kappa shape index (κ2) is 10.5. The molecule has 0 bridgehead atoms. The van der Waals surface area contributed by atoms with E-state index in [1.54, 1.807) is 0 Å². The number of carbonyl (C=O) groups excluding carboxylic acids is 1. The molecule has 0 spiro atoms. The molecule has 1 fully saturated rings. The number of unbranched alkanes of at least 4 members (excludes halogenated alkanes) is 2. The monoisotopic (exact) mass is 326 g/mol. The summed E-state index contributed by atoms with van der Waals surface area (Å²) in [6, 6.07) is 7.82. The summed E-state index contributed by atoms with van der Waals surface area (Å²) in [5.41, 5.74) is 0.689. The van der Waals surface area contributed by atoms with Crippen molar-refractivity contribution in [1.82, 2.24) is 10.6 Å². The van der Waals surface area contributed by atoms with Crippen molar-refractivity contribution in [3.8, 4) is 5.75 Å². The summed E-state index contributed by atoms with van der Waals surface area (Å²) in [6.45, 7) is 4.68. The summed E-state index contributed by atoms with van der Waals surface area (Å²) in [7, 11) is 0. The van der Waals surface area contributed by atoms with Crippen LogP contribution < -0.4 is 15.4 Å². The Morgan fingerprint density at radius 2 is 2.09 bits per heavy atom. The fraction of sp³-hybridized carbons (Fsp3) is 0.588. The molecule has 1 heterocycles. The number of amides is 1. The van der Waals surface area contributed by atoms with Crippen molar-refractivity contribution in [2.75, 3.05) is 19.7 Å². The van der Waals surface area contributed by atoms with Crippen molar-refractivity contribution >= 4 is 18.3 Å². The van der Waals surface area contributed by atoms with Crippen LogP contribution in [0.5, 0.6) is 5.75 Å². The molecule has 0 aromatic heterocycles. The molecule has 2 rings (SSSR count). The zero-order chi connectivity index (χ0) is 14.9. The first-order valence-corrected chi connectivity index (χ1v) is 8.04. The average molecular weight is 327 g/mol. The van der Waals surface area contributed by atoms with Crippen LogP contribution in [0.4, 0.5) is 0 Å². The molecule has 0 saturated carbocycles. The minimum Gasteiger partial charge on any atom is -0.494 e. The van der Waals surface area contributed by atoms with Gasteiger partial charge in [-0.1, -0.05) is 19.8 Å². The molecule has 1 aliphatic rings. The number of ether oxygens (including phenoxy) is 1. The summed E-state index contributed by atoms with van der Waals surface area (Å²) < 4.78 is 5.64. The predicted octanol–water partition coefficient (Wildman–Crippen LogP) is 3.16. The molecule has 1 aromatic carbocycles. The lowest BCUT2D eigenvalue weighted by atomic mass is 10.2. The predicted molar refractivity (Wildman–Crippen MR) is 92.1 cm³/mol. The highest BCUT2D eigenvalue weighted by molar-refractivity contribution is 5.94. The number of hydrogen-bond donors (Lipinski definition) is 2. The van der Waals surface area contributed by atoms with E-state index in [1.165, 1.54) is 19.3 Å². The molecular weight excluding hydrogens is 300 g/mol. The van der Waals surface area contributed by atoms with Gasteiger partial charge in [0, 0.05) is 18.2 Å². The van der Waals surface area contributed by atoms with Gasteiger partial charge in [0.1, 0.15) is 5.75 Å². The summed E-state index contributed by atoms with van der Waals surface area (Å²) in [6.07, 6.45) is 5.80. The molecule has 22 heavy (non-hydrogen) atoms. The Hall–Kier alpha value is -1.26. The Morgan fingerprint density at radius 1 is 1.32 bits per heavy atom. The first kappa shape index (κ1) is 18.8. The zero-order valence-electron chi connectivity index (χ0n) is 13.3. The van der Waals surface area contributed by atoms with Gasteiger partial charge in [0.2, 0.25) is 0 Å². The van der Waals surface area contributed by atoms with Crippen molar-refractivity contribution in [1.29, 1.82) is 0 Å². The summed E-state index contributed by atoms with van der Waals surface area (Å²) in [4.78, 5) is 12.0. The number of halogens is 1. The van der Waals surface area contributed by atoms with Gasteiger partial charge < -0.3 is 15.4 Å². The highest BCUT2D eigenvalue weighted by atomic mass is 35.5. The maximum Gasteiger partial charge on any atom is 0.251 e. The Morgan fingerprint density at radius 3 is 2.73 bits per heavy atom. The van der Waals surface area contributed by atoms with Gasteiger partial charge in [0.15, 0.2) is 0 Å². The molecule has 5 heteroatoms. The fourth-order valence-electron chi connectivity index (χ4n) is 2.49. The van der Waals surface area contributed by atoms with Crippen LogP contribution in [0.1, 0.15) is 49.4 Å². The van der Waals surface area contributed by atoms with Crippen molar-refractivity contribution in [2.45, 2.75) is 45.1 Å². The van der Waals surface area contributed by atoms with E-state index >= 15 is 0 Å². The van der Waals surface area contributed by atoms with Gasteiger partial charge in [-0.05, 0) is 50.1 Å². The molecule has 1 unspecified atom stereocenters. The van der Waals surface area contributed by atoms with Crippen LogP contribution in [0.15, 0.2) is 24.3 Å². The number of carbonyl (C=O) groups is 1. The fourth-order valence-corrected chi connectivity index (χ4v) is 2.49. The van der Waals surface area contributed by atoms with Crippen molar-refractivity contribution < 1.29 is 9.53 Å². The van der Waals surface area contributed by atoms with Crippen molar-refractivity contribution in [2.24, 2.45) is 0 Å². The highest BCUT2D eigenvalue weighted by Gasteiger charge is 2.15. The van der Waals surface area contributed by atoms with E-state index in [9.17, 15) is 4.79 Å². The molecule has 1 aromatic rings. The van der Waals surface area contributed by atoms with E-state index < -0.39 is 0 Å². The normalized spacial score (nSPS) is 16.9. The van der Waals surface area contributed by atoms with Crippen LogP contribution in [-0.4, -0.2) is 31.6 Å². The molecular formula is C17H27ClN2O2. The van der Waals surface area contributed by atoms with Crippen molar-refractivity contribution in [3.05, 3.63) is 29.8 Å². The lowest BCUT2D eigenvalue weighted by molar-refractivity contribution is 0.0950. The summed E-state index contributed by atoms with van der Waals surface area (Å²) >= 11 is 0. The van der Waals surface area contributed by atoms with Crippen LogP contribution >= 0.6 is 12.4 Å². The number of nitrogens with one attached hydrogen (secondary N) is 2. The largest absolute Gasteiger partial charge is 0.494 e. The van der Waals surface area contributed by atoms with E-state index in [2.05, 4.69) is 17.6 Å². The molecule has 0 aliphatic carbocycles. The van der Waals surface area contributed by atoms with E-state index in [4.69, 9.17) is 4.74 Å². The second-order valence-electron chi connectivity index (χ2n) is 5.58. The molecule has 1 atom stereocenters. The van der Waals surface area contributed by atoms with Gasteiger partial charge in [0.05, 0.1) is 6.61 Å². The molecule has 2 N–H and O–H groups in total. The second-order valence-corrected chi connectivity index (χ2v) is 5.58. The van der Waals surface area contributed by atoms with Crippen LogP contribution in [0, 0.1) is 0 Å². The van der Waals surface area contributed by atoms with Gasteiger partial charge in [-0.15, -0.1) is 12.4 Å². The molecule has 1 saturated heterocycles. The maximum absolute atomic E-state index is 12.0. The first-order valence-electron chi connectivity index (χ1n) is 8.04. The van der Waals surface area contributed by atoms with E-state index in [1.807, 2.05) is 24.3 Å². The number of hydrogen-bond acceptors (Lipinski definition) is 3. The van der Waals surface area contributed by atoms with Crippen molar-refractivity contribution in [3.63, 3.8) is 0 Å². The average Bonchev–Trinajstić information content (AvgIpc) is 3.03. The molecule has 1 aliphatic heterocycles. The summed E-state index contributed by atoms with van der Waals surface area (Å²) in [5.74, 6) is 0.821. The van der Waals surface area contributed by atoms with Gasteiger partial charge in [0.25, 0.3) is 5.91 Å². The Bertz CT molecular complexity index is 431. The van der Waals surface area contributed by atoms with Crippen LogP contribution in [0.25, 0.3) is 0 Å². The van der Waals surface area contributed by atoms with E-state index in [-0.39, 0.29) is 18.3 Å². The third-order valence-corrected chi connectivity index (χ3v) is 3.80. The quantitative estimate of drug-likeness (QED) is 0.721. The third kappa shape index (κ3) is 6.24. The van der Waals surface area contributed by atoms with Crippen LogP contribution in [-0.2, 0) is 0 Å². The number of rotatable bonds is 8. The molecule has 0 radical (unpaired) electrons. The Labute approximate surface area is 139 Å². The van der Waals surface area contributed by atoms with Gasteiger partial charge in [-0.25, -0.2) is 0 Å². The lowest BCUT2D eigenvalue weighted by Crippen LogP contribution is -2.37. The lowest BCUT2D eigenvalue weighted by Gasteiger charge is -2.12. The van der Waals surface area contributed by atoms with Crippen LogP contribution in [0.2, 0.25) is 0 Å². The smallest absolute Gasteiger partial charge is 0.251 e. The van der Waals surface area contributed by atoms with Gasteiger partial charge >= 0.3 is 0 Å². The Balaban J connectivity index is 0.00000242. The summed E-state index contributed by atoms with van der Waals surface area (Å²) in [5, 5.41) is 6.35. The van der Waals surface area contributed by atoms with Gasteiger partial charge in [-0.3, -0.25) is 4.79 Å².